The molecule has 1 fully saturated rings. The Morgan fingerprint density at radius 1 is 1.31 bits per heavy atom. The number of halogens is 1. The molecule has 0 radical (unpaired) electrons. The van der Waals surface area contributed by atoms with Gasteiger partial charge in [-0.15, -0.1) is 11.6 Å². The third-order valence-corrected chi connectivity index (χ3v) is 5.35. The molecule has 0 aliphatic heterocycles. The first-order chi connectivity index (χ1) is 7.26. The van der Waals surface area contributed by atoms with Crippen LogP contribution in [-0.4, -0.2) is 36.9 Å². The van der Waals surface area contributed by atoms with E-state index in [1.54, 1.807) is 4.31 Å². The van der Waals surface area contributed by atoms with E-state index in [2.05, 4.69) is 0 Å². The maximum atomic E-state index is 12.2. The molecule has 0 aromatic carbocycles. The number of nitrogens with zero attached hydrogens (tertiary/aromatic N) is 1. The van der Waals surface area contributed by atoms with Crippen LogP contribution in [0, 0.1) is 5.41 Å². The highest BCUT2D eigenvalue weighted by Gasteiger charge is 2.35. The zero-order valence-corrected chi connectivity index (χ0v) is 11.9. The van der Waals surface area contributed by atoms with Gasteiger partial charge in [0, 0.05) is 18.5 Å². The van der Waals surface area contributed by atoms with Gasteiger partial charge in [-0.2, -0.15) is 4.31 Å². The molecule has 0 unspecified atom stereocenters. The Labute approximate surface area is 104 Å². The van der Waals surface area contributed by atoms with Crippen molar-refractivity contribution in [2.45, 2.75) is 46.1 Å². The first-order valence-corrected chi connectivity index (χ1v) is 7.96. The van der Waals surface area contributed by atoms with Crippen molar-refractivity contribution >= 4 is 21.6 Å². The number of rotatable bonds is 5. The van der Waals surface area contributed by atoms with Gasteiger partial charge in [-0.25, -0.2) is 8.42 Å². The smallest absolute Gasteiger partial charge is 0.212 e. The summed E-state index contributed by atoms with van der Waals surface area (Å²) in [4.78, 5) is 0. The Kier molecular flexibility index (Phi) is 4.66. The minimum absolute atomic E-state index is 0.200. The molecule has 1 aliphatic carbocycles. The van der Waals surface area contributed by atoms with E-state index in [4.69, 9.17) is 11.6 Å². The van der Waals surface area contributed by atoms with E-state index in [0.717, 1.165) is 19.3 Å². The van der Waals surface area contributed by atoms with Crippen molar-refractivity contribution in [1.82, 2.24) is 4.31 Å². The van der Waals surface area contributed by atoms with Crippen molar-refractivity contribution in [2.75, 3.05) is 18.2 Å². The van der Waals surface area contributed by atoms with E-state index >= 15 is 0 Å². The van der Waals surface area contributed by atoms with Crippen LogP contribution in [-0.2, 0) is 10.0 Å². The van der Waals surface area contributed by atoms with Gasteiger partial charge in [-0.05, 0) is 18.3 Å². The molecule has 0 aromatic heterocycles. The summed E-state index contributed by atoms with van der Waals surface area (Å²) >= 11 is 5.69. The Bertz CT molecular complexity index is 317. The van der Waals surface area contributed by atoms with Gasteiger partial charge in [0.05, 0.1) is 5.75 Å². The summed E-state index contributed by atoms with van der Waals surface area (Å²) in [6.07, 6.45) is 3.11. The normalized spacial score (nSPS) is 18.8. The maximum Gasteiger partial charge on any atom is 0.214 e. The fourth-order valence-electron chi connectivity index (χ4n) is 1.94. The molecule has 0 bridgehead atoms. The highest BCUT2D eigenvalue weighted by molar-refractivity contribution is 7.89. The second kappa shape index (κ2) is 5.23. The summed E-state index contributed by atoms with van der Waals surface area (Å²) in [5, 5.41) is 0. The Morgan fingerprint density at radius 3 is 2.19 bits per heavy atom. The van der Waals surface area contributed by atoms with Gasteiger partial charge in [0.15, 0.2) is 0 Å². The molecule has 0 aromatic rings. The first-order valence-electron chi connectivity index (χ1n) is 5.82. The van der Waals surface area contributed by atoms with E-state index in [9.17, 15) is 8.42 Å². The largest absolute Gasteiger partial charge is 0.214 e. The molecule has 1 aliphatic rings. The second-order valence-corrected chi connectivity index (χ2v) is 8.00. The third-order valence-electron chi connectivity index (χ3n) is 2.76. The van der Waals surface area contributed by atoms with Gasteiger partial charge < -0.3 is 0 Å². The lowest BCUT2D eigenvalue weighted by Gasteiger charge is -2.37. The quantitative estimate of drug-likeness (QED) is 0.718. The van der Waals surface area contributed by atoms with Gasteiger partial charge in [-0.1, -0.05) is 27.2 Å². The molecule has 0 spiro atoms. The molecule has 0 heterocycles. The van der Waals surface area contributed by atoms with Gasteiger partial charge >= 0.3 is 0 Å². The van der Waals surface area contributed by atoms with Crippen LogP contribution in [0.1, 0.15) is 40.0 Å². The number of alkyl halides is 1. The minimum atomic E-state index is -3.15. The molecule has 3 nitrogen and oxygen atoms in total. The van der Waals surface area contributed by atoms with Crippen LogP contribution in [0.15, 0.2) is 0 Å². The fraction of sp³-hybridized carbons (Fsp3) is 1.00. The zero-order chi connectivity index (χ0) is 12.4. The van der Waals surface area contributed by atoms with Crippen molar-refractivity contribution in [3.05, 3.63) is 0 Å². The van der Waals surface area contributed by atoms with Crippen molar-refractivity contribution in [2.24, 2.45) is 5.41 Å². The molecule has 1 rings (SSSR count). The molecule has 0 N–H and O–H groups in total. The molecule has 0 saturated heterocycles. The maximum absolute atomic E-state index is 12.2. The topological polar surface area (TPSA) is 37.4 Å². The molecule has 16 heavy (non-hydrogen) atoms. The van der Waals surface area contributed by atoms with Crippen LogP contribution < -0.4 is 0 Å². The van der Waals surface area contributed by atoms with Gasteiger partial charge in [0.25, 0.3) is 0 Å². The predicted octanol–water partition coefficient (Wildman–Crippen LogP) is 2.46. The molecule has 0 atom stereocenters. The fourth-order valence-corrected chi connectivity index (χ4v) is 4.51. The Balaban J connectivity index is 2.75. The van der Waals surface area contributed by atoms with Crippen LogP contribution in [0.25, 0.3) is 0 Å². The molecule has 0 amide bonds. The number of hydrogen-bond acceptors (Lipinski definition) is 2. The van der Waals surface area contributed by atoms with Crippen LogP contribution in [0.4, 0.5) is 0 Å². The van der Waals surface area contributed by atoms with Crippen LogP contribution in [0.5, 0.6) is 0 Å². The lowest BCUT2D eigenvalue weighted by molar-refractivity contribution is 0.225. The van der Waals surface area contributed by atoms with E-state index in [-0.39, 0.29) is 17.2 Å². The highest BCUT2D eigenvalue weighted by Crippen LogP contribution is 2.29. The summed E-state index contributed by atoms with van der Waals surface area (Å²) in [6, 6.07) is 0.200. The average molecular weight is 268 g/mol. The van der Waals surface area contributed by atoms with Gasteiger partial charge in [0.2, 0.25) is 10.0 Å². The lowest BCUT2D eigenvalue weighted by Crippen LogP contribution is -2.47. The molecule has 1 saturated carbocycles. The van der Waals surface area contributed by atoms with E-state index in [1.807, 2.05) is 20.8 Å². The zero-order valence-electron chi connectivity index (χ0n) is 10.4. The van der Waals surface area contributed by atoms with Crippen molar-refractivity contribution in [3.63, 3.8) is 0 Å². The Morgan fingerprint density at radius 2 is 1.88 bits per heavy atom. The summed E-state index contributed by atoms with van der Waals surface area (Å²) in [5.74, 6) is 0.577. The van der Waals surface area contributed by atoms with Gasteiger partial charge in [-0.3, -0.25) is 0 Å². The third kappa shape index (κ3) is 3.90. The van der Waals surface area contributed by atoms with E-state index in [0.29, 0.717) is 12.4 Å². The molecular formula is C11H22ClNO2S. The number of sulfonamides is 1. The summed E-state index contributed by atoms with van der Waals surface area (Å²) in [7, 11) is -3.15. The molecule has 5 heteroatoms. The van der Waals surface area contributed by atoms with Crippen LogP contribution >= 0.6 is 11.6 Å². The van der Waals surface area contributed by atoms with Gasteiger partial charge in [0.1, 0.15) is 0 Å². The standard InChI is InChI=1S/C11H22ClNO2S/c1-11(2,3)9-16(14,15)13(8-7-12)10-5-4-6-10/h10H,4-9H2,1-3H3. The SMILES string of the molecule is CC(C)(C)CS(=O)(=O)N(CCCl)C1CCC1. The average Bonchev–Trinajstić information content (AvgIpc) is 1.95. The van der Waals surface area contributed by atoms with Crippen LogP contribution in [0.3, 0.4) is 0 Å². The van der Waals surface area contributed by atoms with Crippen molar-refractivity contribution in [3.8, 4) is 0 Å². The second-order valence-electron chi connectivity index (χ2n) is 5.70. The Hall–Kier alpha value is 0.200. The van der Waals surface area contributed by atoms with E-state index in [1.165, 1.54) is 0 Å². The lowest BCUT2D eigenvalue weighted by atomic mass is 9.93. The minimum Gasteiger partial charge on any atom is -0.212 e. The molecule has 96 valence electrons. The van der Waals surface area contributed by atoms with Crippen molar-refractivity contribution < 1.29 is 8.42 Å². The highest BCUT2D eigenvalue weighted by atomic mass is 35.5. The van der Waals surface area contributed by atoms with Crippen LogP contribution in [0.2, 0.25) is 0 Å². The predicted molar refractivity (Wildman–Crippen MR) is 68.3 cm³/mol. The summed E-state index contributed by atoms with van der Waals surface area (Å²) < 4.78 is 26.1. The van der Waals surface area contributed by atoms with E-state index < -0.39 is 10.0 Å². The number of hydrogen-bond donors (Lipinski definition) is 0. The monoisotopic (exact) mass is 267 g/mol. The first kappa shape index (κ1) is 14.3. The summed E-state index contributed by atoms with van der Waals surface area (Å²) in [5.41, 5.74) is -0.201. The van der Waals surface area contributed by atoms with Crippen molar-refractivity contribution in [1.29, 1.82) is 0 Å². The summed E-state index contributed by atoms with van der Waals surface area (Å²) in [6.45, 7) is 6.29. The molecular weight excluding hydrogens is 246 g/mol.